The van der Waals surface area contributed by atoms with Crippen LogP contribution in [-0.2, 0) is 27.9 Å². The number of primary amides is 1. The van der Waals surface area contributed by atoms with Crippen molar-refractivity contribution in [3.8, 4) is 5.75 Å². The Morgan fingerprint density at radius 2 is 1.80 bits per heavy atom. The fraction of sp³-hybridized carbons (Fsp3) is 0.350. The van der Waals surface area contributed by atoms with Crippen LogP contribution < -0.4 is 15.8 Å². The van der Waals surface area contributed by atoms with E-state index >= 15 is 0 Å². The third-order valence-electron chi connectivity index (χ3n) is 3.82. The highest BCUT2D eigenvalue weighted by Crippen LogP contribution is 2.14. The van der Waals surface area contributed by atoms with Crippen LogP contribution >= 0.6 is 0 Å². The van der Waals surface area contributed by atoms with Crippen LogP contribution in [0.1, 0.15) is 17.5 Å². The number of hydrogen-bond donors (Lipinski definition) is 4. The zero-order chi connectivity index (χ0) is 22.6. The Bertz CT molecular complexity index is 882. The SMILES string of the molecule is CS(=O)(=O)O.NC(=O)C(CO)NCc1ccc(OCCCc2ccccc2F)cc1. The smallest absolute Gasteiger partial charge is 0.261 e. The Kier molecular flexibility index (Phi) is 11.0. The number of rotatable bonds is 10. The molecule has 0 aliphatic carbocycles. The van der Waals surface area contributed by atoms with Gasteiger partial charge in [0.25, 0.3) is 10.1 Å². The molecule has 30 heavy (non-hydrogen) atoms. The molecule has 8 nitrogen and oxygen atoms in total. The summed E-state index contributed by atoms with van der Waals surface area (Å²) in [4.78, 5) is 11.0. The minimum absolute atomic E-state index is 0.184. The van der Waals surface area contributed by atoms with Gasteiger partial charge in [-0.3, -0.25) is 14.7 Å². The summed E-state index contributed by atoms with van der Waals surface area (Å²) in [6, 6.07) is 13.4. The minimum atomic E-state index is -3.67. The molecule has 1 amide bonds. The van der Waals surface area contributed by atoms with E-state index in [0.29, 0.717) is 31.4 Å². The summed E-state index contributed by atoms with van der Waals surface area (Å²) in [5, 5.41) is 11.9. The number of aliphatic hydroxyl groups is 1. The van der Waals surface area contributed by atoms with Gasteiger partial charge in [0.1, 0.15) is 17.6 Å². The summed E-state index contributed by atoms with van der Waals surface area (Å²) >= 11 is 0. The second-order valence-corrected chi connectivity index (χ2v) is 7.90. The molecule has 5 N–H and O–H groups in total. The second kappa shape index (κ2) is 12.9. The first kappa shape index (κ1) is 25.5. The number of benzene rings is 2. The molecular weight excluding hydrogens is 415 g/mol. The van der Waals surface area contributed by atoms with Crippen molar-refractivity contribution in [2.45, 2.75) is 25.4 Å². The summed E-state index contributed by atoms with van der Waals surface area (Å²) < 4.78 is 45.0. The zero-order valence-corrected chi connectivity index (χ0v) is 17.4. The average molecular weight is 443 g/mol. The fourth-order valence-electron chi connectivity index (χ4n) is 2.35. The molecule has 0 bridgehead atoms. The van der Waals surface area contributed by atoms with Crippen molar-refractivity contribution >= 4 is 16.0 Å². The molecular formula is C20H27FN2O6S. The third-order valence-corrected chi connectivity index (χ3v) is 3.82. The Labute approximate surface area is 175 Å². The predicted molar refractivity (Wildman–Crippen MR) is 111 cm³/mol. The van der Waals surface area contributed by atoms with E-state index in [4.69, 9.17) is 20.1 Å². The molecule has 0 spiro atoms. The number of nitrogens with two attached hydrogens (primary N) is 1. The highest BCUT2D eigenvalue weighted by molar-refractivity contribution is 7.85. The van der Waals surface area contributed by atoms with Crippen LogP contribution in [0.3, 0.4) is 0 Å². The largest absolute Gasteiger partial charge is 0.494 e. The van der Waals surface area contributed by atoms with Crippen LogP contribution in [0.5, 0.6) is 5.75 Å². The number of carbonyl (C=O) groups is 1. The van der Waals surface area contributed by atoms with Gasteiger partial charge in [-0.25, -0.2) is 4.39 Å². The van der Waals surface area contributed by atoms with E-state index in [1.54, 1.807) is 12.1 Å². The number of carbonyl (C=O) groups excluding carboxylic acids is 1. The molecule has 1 atom stereocenters. The van der Waals surface area contributed by atoms with Crippen molar-refractivity contribution < 1.29 is 32.0 Å². The molecule has 0 aromatic heterocycles. The Morgan fingerprint density at radius 1 is 1.20 bits per heavy atom. The van der Waals surface area contributed by atoms with Gasteiger partial charge in [-0.1, -0.05) is 30.3 Å². The molecule has 166 valence electrons. The van der Waals surface area contributed by atoms with Gasteiger partial charge in [0, 0.05) is 6.54 Å². The lowest BCUT2D eigenvalue weighted by atomic mass is 10.1. The predicted octanol–water partition coefficient (Wildman–Crippen LogP) is 1.28. The Hall–Kier alpha value is -2.53. The van der Waals surface area contributed by atoms with Gasteiger partial charge < -0.3 is 15.6 Å². The normalized spacial score (nSPS) is 11.9. The van der Waals surface area contributed by atoms with Crippen molar-refractivity contribution in [2.24, 2.45) is 5.73 Å². The lowest BCUT2D eigenvalue weighted by molar-refractivity contribution is -0.120. The molecule has 0 radical (unpaired) electrons. The number of hydrogen-bond acceptors (Lipinski definition) is 6. The quantitative estimate of drug-likeness (QED) is 0.321. The van der Waals surface area contributed by atoms with Gasteiger partial charge in [-0.05, 0) is 42.2 Å². The topological polar surface area (TPSA) is 139 Å². The van der Waals surface area contributed by atoms with Crippen LogP contribution in [0.4, 0.5) is 4.39 Å². The van der Waals surface area contributed by atoms with Gasteiger partial charge >= 0.3 is 0 Å². The average Bonchev–Trinajstić information content (AvgIpc) is 2.66. The summed E-state index contributed by atoms with van der Waals surface area (Å²) in [6.07, 6.45) is 2.07. The zero-order valence-electron chi connectivity index (χ0n) is 16.6. The van der Waals surface area contributed by atoms with E-state index in [1.165, 1.54) is 6.07 Å². The summed E-state index contributed by atoms with van der Waals surface area (Å²) in [5.74, 6) is -0.0419. The first-order chi connectivity index (χ1) is 14.1. The maximum Gasteiger partial charge on any atom is 0.261 e. The molecule has 2 aromatic rings. The maximum absolute atomic E-state index is 13.5. The molecule has 0 saturated heterocycles. The summed E-state index contributed by atoms with van der Waals surface area (Å²) in [7, 11) is -3.67. The van der Waals surface area contributed by atoms with Crippen molar-refractivity contribution in [3.63, 3.8) is 0 Å². The molecule has 0 saturated carbocycles. The molecule has 0 aliphatic heterocycles. The van der Waals surface area contributed by atoms with Crippen LogP contribution in [0.25, 0.3) is 0 Å². The maximum atomic E-state index is 13.5. The first-order valence-corrected chi connectivity index (χ1v) is 11.0. The lowest BCUT2D eigenvalue weighted by Gasteiger charge is -2.13. The number of aryl methyl sites for hydroxylation is 1. The van der Waals surface area contributed by atoms with Gasteiger partial charge in [0.2, 0.25) is 5.91 Å². The van der Waals surface area contributed by atoms with Crippen molar-refractivity contribution in [3.05, 3.63) is 65.5 Å². The highest BCUT2D eigenvalue weighted by Gasteiger charge is 2.12. The number of ether oxygens (including phenoxy) is 1. The monoisotopic (exact) mass is 442 g/mol. The molecule has 1 unspecified atom stereocenters. The van der Waals surface area contributed by atoms with Crippen molar-refractivity contribution in [1.29, 1.82) is 0 Å². The van der Waals surface area contributed by atoms with E-state index in [0.717, 1.165) is 17.7 Å². The Morgan fingerprint density at radius 3 is 2.33 bits per heavy atom. The van der Waals surface area contributed by atoms with E-state index in [9.17, 15) is 17.6 Å². The molecule has 0 fully saturated rings. The van der Waals surface area contributed by atoms with Crippen LogP contribution in [0.2, 0.25) is 0 Å². The van der Waals surface area contributed by atoms with Gasteiger partial charge in [-0.15, -0.1) is 0 Å². The van der Waals surface area contributed by atoms with Crippen molar-refractivity contribution in [1.82, 2.24) is 5.32 Å². The van der Waals surface area contributed by atoms with E-state index in [-0.39, 0.29) is 12.4 Å². The number of amides is 1. The van der Waals surface area contributed by atoms with E-state index in [1.807, 2.05) is 30.3 Å². The first-order valence-electron chi connectivity index (χ1n) is 9.11. The minimum Gasteiger partial charge on any atom is -0.494 e. The van der Waals surface area contributed by atoms with Gasteiger partial charge in [-0.2, -0.15) is 8.42 Å². The Balaban J connectivity index is 0.000000804. The van der Waals surface area contributed by atoms with Gasteiger partial charge in [0.05, 0.1) is 19.5 Å². The number of halogens is 1. The van der Waals surface area contributed by atoms with Crippen LogP contribution in [0.15, 0.2) is 48.5 Å². The number of nitrogens with one attached hydrogen (secondary N) is 1. The van der Waals surface area contributed by atoms with Crippen molar-refractivity contribution in [2.75, 3.05) is 19.5 Å². The second-order valence-electron chi connectivity index (χ2n) is 6.44. The molecule has 2 rings (SSSR count). The summed E-state index contributed by atoms with van der Waals surface area (Å²) in [5.41, 5.74) is 6.79. The fourth-order valence-corrected chi connectivity index (χ4v) is 2.35. The van der Waals surface area contributed by atoms with Crippen LogP contribution in [0, 0.1) is 5.82 Å². The molecule has 0 heterocycles. The highest BCUT2D eigenvalue weighted by atomic mass is 32.2. The van der Waals surface area contributed by atoms with E-state index < -0.39 is 22.1 Å². The summed E-state index contributed by atoms with van der Waals surface area (Å²) in [6.45, 7) is 0.584. The van der Waals surface area contributed by atoms with Gasteiger partial charge in [0.15, 0.2) is 0 Å². The molecule has 0 aliphatic rings. The third kappa shape index (κ3) is 11.5. The number of aliphatic hydroxyl groups excluding tert-OH is 1. The standard InChI is InChI=1S/C19H23FN2O3.CH4O3S/c20-17-6-2-1-4-15(17)5-3-11-25-16-9-7-14(8-10-16)12-22-18(13-23)19(21)24;1-5(2,3)4/h1-2,4,6-10,18,22-23H,3,5,11-13H2,(H2,21,24);1H3,(H,2,3,4). The molecule has 2 aromatic carbocycles. The lowest BCUT2D eigenvalue weighted by Crippen LogP contribution is -2.43. The van der Waals surface area contributed by atoms with E-state index in [2.05, 4.69) is 5.32 Å². The molecule has 10 heteroatoms. The van der Waals surface area contributed by atoms with Crippen LogP contribution in [-0.4, -0.2) is 49.5 Å².